The van der Waals surface area contributed by atoms with E-state index in [2.05, 4.69) is 27.5 Å². The van der Waals surface area contributed by atoms with Crippen LogP contribution in [-0.2, 0) is 22.4 Å². The van der Waals surface area contributed by atoms with Gasteiger partial charge >= 0.3 is 11.8 Å². The Bertz CT molecular complexity index is 1180. The predicted octanol–water partition coefficient (Wildman–Crippen LogP) is 6.29. The van der Waals surface area contributed by atoms with Crippen molar-refractivity contribution < 1.29 is 9.59 Å². The lowest BCUT2D eigenvalue weighted by Gasteiger charge is -2.19. The van der Waals surface area contributed by atoms with E-state index in [4.69, 9.17) is 23.2 Å². The van der Waals surface area contributed by atoms with Crippen molar-refractivity contribution in [2.45, 2.75) is 52.0 Å². The number of carbonyl (C=O) groups excluding carboxylic acids is 2. The van der Waals surface area contributed by atoms with Crippen LogP contribution in [0.2, 0.25) is 10.0 Å². The second-order valence-electron chi connectivity index (χ2n) is 8.13. The number of hydrogen-bond acceptors (Lipinski definition) is 6. The summed E-state index contributed by atoms with van der Waals surface area (Å²) in [4.78, 5) is 35.3. The number of aryl methyl sites for hydroxylation is 1. The molecule has 10 heteroatoms. The Morgan fingerprint density at radius 2 is 2.06 bits per heavy atom. The van der Waals surface area contributed by atoms with Gasteiger partial charge in [-0.2, -0.15) is 0 Å². The molecule has 0 spiro atoms. The second-order valence-corrected chi connectivity index (χ2v) is 10.9. The van der Waals surface area contributed by atoms with Gasteiger partial charge in [-0.25, -0.2) is 9.97 Å². The SMILES string of the molecule is CCCC1CCc2nc(NC(=O)C(=O)NC(C)c3nc(-c4ccc(Cl)cc4Cl)cs3)sc2C1. The summed E-state index contributed by atoms with van der Waals surface area (Å²) in [5.74, 6) is -0.766. The summed E-state index contributed by atoms with van der Waals surface area (Å²) in [6.07, 6.45) is 5.45. The maximum Gasteiger partial charge on any atom is 0.315 e. The summed E-state index contributed by atoms with van der Waals surface area (Å²) in [5, 5.41) is 9.43. The molecule has 0 fully saturated rings. The van der Waals surface area contributed by atoms with Crippen LogP contribution in [0.25, 0.3) is 11.3 Å². The van der Waals surface area contributed by atoms with Crippen LogP contribution >= 0.6 is 45.9 Å². The first-order valence-electron chi connectivity index (χ1n) is 10.8. The lowest BCUT2D eigenvalue weighted by molar-refractivity contribution is -0.136. The van der Waals surface area contributed by atoms with Gasteiger partial charge in [0.05, 0.1) is 22.5 Å². The molecule has 0 saturated heterocycles. The lowest BCUT2D eigenvalue weighted by atomic mass is 9.88. The van der Waals surface area contributed by atoms with Crippen LogP contribution in [0.3, 0.4) is 0 Å². The third-order valence-corrected chi connectivity index (χ3v) is 8.22. The highest BCUT2D eigenvalue weighted by atomic mass is 35.5. The fraction of sp³-hybridized carbons (Fsp3) is 0.391. The first kappa shape index (κ1) is 24.1. The minimum atomic E-state index is -0.726. The first-order valence-corrected chi connectivity index (χ1v) is 13.3. The monoisotopic (exact) mass is 522 g/mol. The average molecular weight is 524 g/mol. The molecule has 0 saturated carbocycles. The predicted molar refractivity (Wildman–Crippen MR) is 135 cm³/mol. The molecule has 0 bridgehead atoms. The maximum atomic E-state index is 12.5. The van der Waals surface area contributed by atoms with Crippen molar-refractivity contribution in [2.75, 3.05) is 5.32 Å². The molecule has 1 aliphatic carbocycles. The van der Waals surface area contributed by atoms with Crippen LogP contribution in [-0.4, -0.2) is 21.8 Å². The molecule has 174 valence electrons. The summed E-state index contributed by atoms with van der Waals surface area (Å²) in [6, 6.07) is 4.77. The van der Waals surface area contributed by atoms with E-state index in [-0.39, 0.29) is 0 Å². The quantitative estimate of drug-likeness (QED) is 0.372. The Balaban J connectivity index is 1.36. The van der Waals surface area contributed by atoms with Crippen molar-refractivity contribution in [1.29, 1.82) is 0 Å². The molecular formula is C23H24Cl2N4O2S2. The topological polar surface area (TPSA) is 84.0 Å². The number of fused-ring (bicyclic) bond motifs is 1. The van der Waals surface area contributed by atoms with Crippen molar-refractivity contribution in [3.63, 3.8) is 0 Å². The van der Waals surface area contributed by atoms with Crippen molar-refractivity contribution in [3.05, 3.63) is 49.2 Å². The minimum Gasteiger partial charge on any atom is -0.339 e. The van der Waals surface area contributed by atoms with E-state index in [1.54, 1.807) is 25.1 Å². The fourth-order valence-electron chi connectivity index (χ4n) is 3.94. The van der Waals surface area contributed by atoms with Gasteiger partial charge in [0.1, 0.15) is 5.01 Å². The number of rotatable bonds is 6. The zero-order chi connectivity index (χ0) is 23.5. The Kier molecular flexibility index (Phi) is 7.69. The van der Waals surface area contributed by atoms with Crippen LogP contribution in [0.15, 0.2) is 23.6 Å². The zero-order valence-corrected chi connectivity index (χ0v) is 21.4. The number of hydrogen-bond donors (Lipinski definition) is 2. The Morgan fingerprint density at radius 1 is 1.24 bits per heavy atom. The molecule has 1 aromatic carbocycles. The van der Waals surface area contributed by atoms with E-state index in [0.717, 1.165) is 30.5 Å². The van der Waals surface area contributed by atoms with E-state index in [1.165, 1.54) is 40.4 Å². The van der Waals surface area contributed by atoms with Gasteiger partial charge in [-0.15, -0.1) is 22.7 Å². The molecule has 2 N–H and O–H groups in total. The summed E-state index contributed by atoms with van der Waals surface area (Å²) < 4.78 is 0. The van der Waals surface area contributed by atoms with Crippen molar-refractivity contribution >= 4 is 62.8 Å². The zero-order valence-electron chi connectivity index (χ0n) is 18.3. The molecule has 33 heavy (non-hydrogen) atoms. The van der Waals surface area contributed by atoms with Gasteiger partial charge < -0.3 is 5.32 Å². The number of carbonyl (C=O) groups is 2. The molecule has 0 radical (unpaired) electrons. The smallest absolute Gasteiger partial charge is 0.315 e. The van der Waals surface area contributed by atoms with Gasteiger partial charge in [-0.3, -0.25) is 14.9 Å². The highest BCUT2D eigenvalue weighted by Gasteiger charge is 2.25. The molecule has 2 atom stereocenters. The Morgan fingerprint density at radius 3 is 2.82 bits per heavy atom. The van der Waals surface area contributed by atoms with Crippen molar-refractivity contribution in [2.24, 2.45) is 5.92 Å². The summed E-state index contributed by atoms with van der Waals surface area (Å²) in [7, 11) is 0. The number of anilines is 1. The van der Waals surface area contributed by atoms with Crippen LogP contribution < -0.4 is 10.6 Å². The number of nitrogens with zero attached hydrogens (tertiary/aromatic N) is 2. The summed E-state index contributed by atoms with van der Waals surface area (Å²) in [5.41, 5.74) is 2.50. The van der Waals surface area contributed by atoms with E-state index < -0.39 is 17.9 Å². The minimum absolute atomic E-state index is 0.438. The normalized spacial score (nSPS) is 16.2. The fourth-order valence-corrected chi connectivity index (χ4v) is 6.39. The highest BCUT2D eigenvalue weighted by molar-refractivity contribution is 7.16. The molecule has 2 amide bonds. The number of aromatic nitrogens is 2. The van der Waals surface area contributed by atoms with E-state index in [9.17, 15) is 9.59 Å². The number of halogens is 2. The van der Waals surface area contributed by atoms with Crippen molar-refractivity contribution in [1.82, 2.24) is 15.3 Å². The van der Waals surface area contributed by atoms with Gasteiger partial charge in [0.2, 0.25) is 0 Å². The van der Waals surface area contributed by atoms with Gasteiger partial charge in [-0.05, 0) is 50.3 Å². The largest absolute Gasteiger partial charge is 0.339 e. The molecule has 4 rings (SSSR count). The first-order chi connectivity index (χ1) is 15.8. The highest BCUT2D eigenvalue weighted by Crippen LogP contribution is 2.34. The molecule has 3 aromatic rings. The molecule has 1 aliphatic rings. The van der Waals surface area contributed by atoms with Gasteiger partial charge in [0.25, 0.3) is 0 Å². The standard InChI is InChI=1S/C23H24Cl2N4O2S2/c1-3-4-13-5-8-17-19(9-13)33-23(28-17)29-21(31)20(30)26-12(2)22-27-18(11-32-22)15-7-6-14(24)10-16(15)25/h6-7,10-13H,3-5,8-9H2,1-2H3,(H,26,30)(H,28,29,31). The van der Waals surface area contributed by atoms with E-state index in [1.807, 2.05) is 5.38 Å². The van der Waals surface area contributed by atoms with E-state index in [0.29, 0.717) is 31.8 Å². The number of thiazole rings is 2. The average Bonchev–Trinajstić information content (AvgIpc) is 3.40. The van der Waals surface area contributed by atoms with E-state index >= 15 is 0 Å². The van der Waals surface area contributed by atoms with Crippen LogP contribution in [0.5, 0.6) is 0 Å². The Hall–Kier alpha value is -2.00. The summed E-state index contributed by atoms with van der Waals surface area (Å²) in [6.45, 7) is 3.99. The van der Waals surface area contributed by atoms with Crippen LogP contribution in [0, 0.1) is 5.92 Å². The van der Waals surface area contributed by atoms with Gasteiger partial charge in [-0.1, -0.05) is 43.0 Å². The number of benzene rings is 1. The Labute approximate surface area is 210 Å². The third-order valence-electron chi connectivity index (χ3n) is 5.61. The number of amides is 2. The van der Waals surface area contributed by atoms with Crippen LogP contribution in [0.1, 0.15) is 54.7 Å². The second kappa shape index (κ2) is 10.5. The third kappa shape index (κ3) is 5.74. The summed E-state index contributed by atoms with van der Waals surface area (Å²) >= 11 is 15.1. The molecule has 2 aromatic heterocycles. The lowest BCUT2D eigenvalue weighted by Crippen LogP contribution is -2.36. The molecule has 2 unspecified atom stereocenters. The molecule has 0 aliphatic heterocycles. The van der Waals surface area contributed by atoms with Crippen molar-refractivity contribution in [3.8, 4) is 11.3 Å². The maximum absolute atomic E-state index is 12.5. The molecule has 6 nitrogen and oxygen atoms in total. The van der Waals surface area contributed by atoms with Gasteiger partial charge in [0, 0.05) is 20.8 Å². The van der Waals surface area contributed by atoms with Gasteiger partial charge in [0.15, 0.2) is 5.13 Å². The van der Waals surface area contributed by atoms with Crippen LogP contribution in [0.4, 0.5) is 5.13 Å². The molecule has 2 heterocycles. The number of nitrogens with one attached hydrogen (secondary N) is 2. The molecular weight excluding hydrogens is 499 g/mol.